The van der Waals surface area contributed by atoms with E-state index < -0.39 is 11.6 Å². The van der Waals surface area contributed by atoms with Crippen molar-refractivity contribution in [2.75, 3.05) is 18.0 Å². The van der Waals surface area contributed by atoms with E-state index >= 15 is 0 Å². The molecule has 0 saturated carbocycles. The molecule has 1 N–H and O–H groups in total. The molecular weight excluding hydrogens is 234 g/mol. The zero-order valence-corrected chi connectivity index (χ0v) is 10.9. The standard InChI is InChI=1S/C14H20F2N2/c1-10(2)17-11-4-3-7-18(9-11)12-5-6-13(15)14(16)8-12/h5-6,8,10-11,17H,3-4,7,9H2,1-2H3. The molecule has 0 aromatic heterocycles. The van der Waals surface area contributed by atoms with Gasteiger partial charge in [0.05, 0.1) is 0 Å². The van der Waals surface area contributed by atoms with E-state index in [4.69, 9.17) is 0 Å². The summed E-state index contributed by atoms with van der Waals surface area (Å²) in [4.78, 5) is 2.12. The highest BCUT2D eigenvalue weighted by Gasteiger charge is 2.21. The highest BCUT2D eigenvalue weighted by molar-refractivity contribution is 5.47. The van der Waals surface area contributed by atoms with E-state index in [0.29, 0.717) is 12.1 Å². The van der Waals surface area contributed by atoms with Gasteiger partial charge in [-0.3, -0.25) is 0 Å². The van der Waals surface area contributed by atoms with Crippen molar-refractivity contribution in [1.29, 1.82) is 0 Å². The third kappa shape index (κ3) is 3.19. The average molecular weight is 254 g/mol. The van der Waals surface area contributed by atoms with Crippen LogP contribution in [0.1, 0.15) is 26.7 Å². The molecule has 0 aliphatic carbocycles. The maximum atomic E-state index is 13.2. The van der Waals surface area contributed by atoms with Crippen LogP contribution in [0, 0.1) is 11.6 Å². The molecule has 18 heavy (non-hydrogen) atoms. The molecule has 0 radical (unpaired) electrons. The average Bonchev–Trinajstić information content (AvgIpc) is 2.32. The van der Waals surface area contributed by atoms with Gasteiger partial charge in [-0.1, -0.05) is 13.8 Å². The van der Waals surface area contributed by atoms with Gasteiger partial charge in [0.25, 0.3) is 0 Å². The molecule has 1 aliphatic heterocycles. The molecule has 0 spiro atoms. The maximum absolute atomic E-state index is 13.2. The number of nitrogens with zero attached hydrogens (tertiary/aromatic N) is 1. The van der Waals surface area contributed by atoms with Crippen molar-refractivity contribution in [2.24, 2.45) is 0 Å². The third-order valence-electron chi connectivity index (χ3n) is 3.26. The number of piperidine rings is 1. The van der Waals surface area contributed by atoms with Gasteiger partial charge in [-0.25, -0.2) is 8.78 Å². The van der Waals surface area contributed by atoms with Crippen molar-refractivity contribution in [1.82, 2.24) is 5.32 Å². The summed E-state index contributed by atoms with van der Waals surface area (Å²) in [7, 11) is 0. The van der Waals surface area contributed by atoms with Crippen LogP contribution in [0.4, 0.5) is 14.5 Å². The third-order valence-corrected chi connectivity index (χ3v) is 3.26. The Bertz CT molecular complexity index is 407. The predicted octanol–water partition coefficient (Wildman–Crippen LogP) is 2.93. The van der Waals surface area contributed by atoms with Crippen LogP contribution in [0.15, 0.2) is 18.2 Å². The lowest BCUT2D eigenvalue weighted by molar-refractivity contribution is 0.394. The van der Waals surface area contributed by atoms with Gasteiger partial charge in [-0.05, 0) is 25.0 Å². The predicted molar refractivity (Wildman–Crippen MR) is 69.9 cm³/mol. The largest absolute Gasteiger partial charge is 0.370 e. The zero-order chi connectivity index (χ0) is 13.1. The first-order chi connectivity index (χ1) is 8.56. The molecule has 1 heterocycles. The molecule has 4 heteroatoms. The Kier molecular flexibility index (Phi) is 4.17. The fourth-order valence-electron chi connectivity index (χ4n) is 2.50. The molecule has 1 unspecified atom stereocenters. The summed E-state index contributed by atoms with van der Waals surface area (Å²) < 4.78 is 26.1. The highest BCUT2D eigenvalue weighted by atomic mass is 19.2. The fraction of sp³-hybridized carbons (Fsp3) is 0.571. The SMILES string of the molecule is CC(C)NC1CCCN(c2ccc(F)c(F)c2)C1. The first-order valence-electron chi connectivity index (χ1n) is 6.52. The van der Waals surface area contributed by atoms with Crippen LogP contribution in [0.5, 0.6) is 0 Å². The summed E-state index contributed by atoms with van der Waals surface area (Å²) in [5, 5.41) is 3.50. The first kappa shape index (κ1) is 13.3. The lowest BCUT2D eigenvalue weighted by Crippen LogP contribution is -2.47. The van der Waals surface area contributed by atoms with Gasteiger partial charge >= 0.3 is 0 Å². The van der Waals surface area contributed by atoms with Gasteiger partial charge in [0.1, 0.15) is 0 Å². The Labute approximate surface area is 107 Å². The Balaban J connectivity index is 2.05. The molecule has 1 aromatic rings. The van der Waals surface area contributed by atoms with Gasteiger partial charge in [0, 0.05) is 36.9 Å². The van der Waals surface area contributed by atoms with Crippen molar-refractivity contribution in [2.45, 2.75) is 38.8 Å². The van der Waals surface area contributed by atoms with Crippen LogP contribution in [-0.2, 0) is 0 Å². The summed E-state index contributed by atoms with van der Waals surface area (Å²) in [5.74, 6) is -1.56. The van der Waals surface area contributed by atoms with Crippen LogP contribution in [-0.4, -0.2) is 25.2 Å². The van der Waals surface area contributed by atoms with E-state index in [9.17, 15) is 8.78 Å². The Morgan fingerprint density at radius 1 is 1.28 bits per heavy atom. The van der Waals surface area contributed by atoms with Gasteiger partial charge in [-0.15, -0.1) is 0 Å². The van der Waals surface area contributed by atoms with Crippen LogP contribution in [0.2, 0.25) is 0 Å². The van der Waals surface area contributed by atoms with E-state index in [1.54, 1.807) is 6.07 Å². The van der Waals surface area contributed by atoms with Gasteiger partial charge in [0.2, 0.25) is 0 Å². The lowest BCUT2D eigenvalue weighted by Gasteiger charge is -2.35. The monoisotopic (exact) mass is 254 g/mol. The normalized spacial score (nSPS) is 20.5. The summed E-state index contributed by atoms with van der Waals surface area (Å²) in [6.45, 7) is 6.00. The number of anilines is 1. The Hall–Kier alpha value is -1.16. The molecule has 1 fully saturated rings. The number of benzene rings is 1. The number of nitrogens with one attached hydrogen (secondary N) is 1. The molecule has 100 valence electrons. The van der Waals surface area contributed by atoms with Crippen LogP contribution < -0.4 is 10.2 Å². The number of hydrogen-bond donors (Lipinski definition) is 1. The minimum absolute atomic E-state index is 0.423. The summed E-state index contributed by atoms with van der Waals surface area (Å²) >= 11 is 0. The van der Waals surface area contributed by atoms with Gasteiger partial charge < -0.3 is 10.2 Å². The first-order valence-corrected chi connectivity index (χ1v) is 6.52. The number of hydrogen-bond acceptors (Lipinski definition) is 2. The molecule has 1 atom stereocenters. The molecule has 0 amide bonds. The van der Waals surface area contributed by atoms with E-state index in [2.05, 4.69) is 24.1 Å². The fourth-order valence-corrected chi connectivity index (χ4v) is 2.50. The summed E-state index contributed by atoms with van der Waals surface area (Å²) in [6, 6.07) is 5.00. The Morgan fingerprint density at radius 2 is 2.06 bits per heavy atom. The smallest absolute Gasteiger partial charge is 0.160 e. The van der Waals surface area contributed by atoms with Crippen molar-refractivity contribution < 1.29 is 8.78 Å². The quantitative estimate of drug-likeness (QED) is 0.892. The van der Waals surface area contributed by atoms with Crippen LogP contribution in [0.3, 0.4) is 0 Å². The molecule has 2 nitrogen and oxygen atoms in total. The second-order valence-corrected chi connectivity index (χ2v) is 5.20. The van der Waals surface area contributed by atoms with E-state index in [1.165, 1.54) is 12.1 Å². The Morgan fingerprint density at radius 3 is 2.72 bits per heavy atom. The van der Waals surface area contributed by atoms with Gasteiger partial charge in [-0.2, -0.15) is 0 Å². The van der Waals surface area contributed by atoms with Crippen molar-refractivity contribution in [3.05, 3.63) is 29.8 Å². The molecule has 1 aliphatic rings. The van der Waals surface area contributed by atoms with Crippen molar-refractivity contribution in [3.63, 3.8) is 0 Å². The second-order valence-electron chi connectivity index (χ2n) is 5.20. The van der Waals surface area contributed by atoms with Crippen molar-refractivity contribution >= 4 is 5.69 Å². The molecule has 1 aromatic carbocycles. The number of halogens is 2. The van der Waals surface area contributed by atoms with E-state index in [1.807, 2.05) is 0 Å². The van der Waals surface area contributed by atoms with Crippen molar-refractivity contribution in [3.8, 4) is 0 Å². The summed E-state index contributed by atoms with van der Waals surface area (Å²) in [5.41, 5.74) is 0.768. The molecule has 1 saturated heterocycles. The topological polar surface area (TPSA) is 15.3 Å². The van der Waals surface area contributed by atoms with Gasteiger partial charge in [0.15, 0.2) is 11.6 Å². The second kappa shape index (κ2) is 5.65. The van der Waals surface area contributed by atoms with E-state index in [-0.39, 0.29) is 0 Å². The van der Waals surface area contributed by atoms with Crippen LogP contribution in [0.25, 0.3) is 0 Å². The van der Waals surface area contributed by atoms with E-state index in [0.717, 1.165) is 31.6 Å². The molecule has 2 rings (SSSR count). The maximum Gasteiger partial charge on any atom is 0.160 e. The molecular formula is C14H20F2N2. The minimum atomic E-state index is -0.785. The van der Waals surface area contributed by atoms with Crippen LogP contribution >= 0.6 is 0 Å². The highest BCUT2D eigenvalue weighted by Crippen LogP contribution is 2.22. The summed E-state index contributed by atoms with van der Waals surface area (Å²) in [6.07, 6.45) is 2.21. The number of rotatable bonds is 3. The lowest BCUT2D eigenvalue weighted by atomic mass is 10.0. The molecule has 0 bridgehead atoms. The minimum Gasteiger partial charge on any atom is -0.370 e. The zero-order valence-electron chi connectivity index (χ0n) is 10.9.